The first-order valence-electron chi connectivity index (χ1n) is 8.09. The molecule has 0 fully saturated rings. The van der Waals surface area contributed by atoms with Gasteiger partial charge in [-0.05, 0) is 36.2 Å². The van der Waals surface area contributed by atoms with E-state index in [4.69, 9.17) is 4.74 Å². The Hall–Kier alpha value is -2.26. The molecule has 0 amide bonds. The van der Waals surface area contributed by atoms with Gasteiger partial charge in [-0.1, -0.05) is 53.2 Å². The highest BCUT2D eigenvalue weighted by Crippen LogP contribution is 2.41. The van der Waals surface area contributed by atoms with Crippen LogP contribution in [0.25, 0.3) is 32.9 Å². The molecule has 0 aliphatic heterocycles. The molecule has 1 aromatic heterocycles. The van der Waals surface area contributed by atoms with Crippen molar-refractivity contribution in [2.75, 3.05) is 7.11 Å². The lowest BCUT2D eigenvalue weighted by Crippen LogP contribution is -1.95. The van der Waals surface area contributed by atoms with Crippen LogP contribution in [0.4, 0.5) is 0 Å². The summed E-state index contributed by atoms with van der Waals surface area (Å²) >= 11 is 3.58. The number of benzene rings is 3. The minimum absolute atomic E-state index is 0.919. The van der Waals surface area contributed by atoms with Gasteiger partial charge in [0.2, 0.25) is 0 Å². The molecule has 24 heavy (non-hydrogen) atoms. The molecule has 0 atom stereocenters. The molecule has 1 heterocycles. The molecule has 0 saturated carbocycles. The predicted molar refractivity (Wildman–Crippen MR) is 105 cm³/mol. The third-order valence-corrected chi connectivity index (χ3v) is 5.05. The largest absolute Gasteiger partial charge is 0.496 e. The minimum atomic E-state index is 0.919. The smallest absolute Gasteiger partial charge is 0.123 e. The normalized spacial score (nSPS) is 11.3. The van der Waals surface area contributed by atoms with Crippen molar-refractivity contribution < 1.29 is 4.74 Å². The number of fused-ring (bicyclic) bond motifs is 3. The first-order chi connectivity index (χ1) is 11.7. The van der Waals surface area contributed by atoms with Crippen molar-refractivity contribution in [2.24, 2.45) is 0 Å². The van der Waals surface area contributed by atoms with Crippen molar-refractivity contribution in [3.63, 3.8) is 0 Å². The van der Waals surface area contributed by atoms with Crippen LogP contribution in [0.1, 0.15) is 12.5 Å². The summed E-state index contributed by atoms with van der Waals surface area (Å²) in [5.41, 5.74) is 6.00. The third-order valence-electron chi connectivity index (χ3n) is 4.56. The van der Waals surface area contributed by atoms with Crippen LogP contribution in [0.3, 0.4) is 0 Å². The van der Waals surface area contributed by atoms with Gasteiger partial charge in [-0.3, -0.25) is 0 Å². The Morgan fingerprint density at radius 3 is 2.50 bits per heavy atom. The standard InChI is InChI=1S/C21H18BrNO/c1-3-15-19(24-2)12-17-16-11-14(22)9-10-18(16)23-21(17)20(15)13-7-5-4-6-8-13/h4-12,23H,3H2,1-2H3. The van der Waals surface area contributed by atoms with Crippen LogP contribution in [-0.2, 0) is 6.42 Å². The summed E-state index contributed by atoms with van der Waals surface area (Å²) in [6.07, 6.45) is 0.919. The summed E-state index contributed by atoms with van der Waals surface area (Å²) in [4.78, 5) is 3.62. The number of rotatable bonds is 3. The summed E-state index contributed by atoms with van der Waals surface area (Å²) < 4.78 is 6.81. The van der Waals surface area contributed by atoms with Gasteiger partial charge in [0.25, 0.3) is 0 Å². The number of aromatic amines is 1. The first-order valence-corrected chi connectivity index (χ1v) is 8.88. The second kappa shape index (κ2) is 5.99. The van der Waals surface area contributed by atoms with Gasteiger partial charge >= 0.3 is 0 Å². The fourth-order valence-electron chi connectivity index (χ4n) is 3.48. The molecule has 0 bridgehead atoms. The molecule has 0 spiro atoms. The Bertz CT molecular complexity index is 1030. The molecule has 3 heteroatoms. The quantitative estimate of drug-likeness (QED) is 0.442. The average molecular weight is 380 g/mol. The number of ether oxygens (including phenoxy) is 1. The van der Waals surface area contributed by atoms with Gasteiger partial charge in [-0.25, -0.2) is 0 Å². The number of methoxy groups -OCH3 is 1. The highest BCUT2D eigenvalue weighted by Gasteiger charge is 2.18. The fraction of sp³-hybridized carbons (Fsp3) is 0.143. The van der Waals surface area contributed by atoms with Gasteiger partial charge in [0, 0.05) is 31.9 Å². The maximum Gasteiger partial charge on any atom is 0.123 e. The molecular formula is C21H18BrNO. The lowest BCUT2D eigenvalue weighted by Gasteiger charge is -2.14. The molecule has 4 aromatic rings. The number of hydrogen-bond acceptors (Lipinski definition) is 1. The zero-order valence-corrected chi connectivity index (χ0v) is 15.3. The molecule has 3 aromatic carbocycles. The maximum absolute atomic E-state index is 5.73. The summed E-state index contributed by atoms with van der Waals surface area (Å²) in [7, 11) is 1.75. The minimum Gasteiger partial charge on any atom is -0.496 e. The van der Waals surface area contributed by atoms with E-state index in [9.17, 15) is 0 Å². The molecule has 0 aliphatic rings. The molecule has 4 rings (SSSR count). The van der Waals surface area contributed by atoms with E-state index in [1.165, 1.54) is 33.0 Å². The second-order valence-corrected chi connectivity index (χ2v) is 6.81. The van der Waals surface area contributed by atoms with Crippen LogP contribution in [0.5, 0.6) is 5.75 Å². The van der Waals surface area contributed by atoms with E-state index in [0.717, 1.165) is 22.2 Å². The van der Waals surface area contributed by atoms with Gasteiger partial charge in [-0.15, -0.1) is 0 Å². The highest BCUT2D eigenvalue weighted by molar-refractivity contribution is 9.10. The predicted octanol–water partition coefficient (Wildman–Crippen LogP) is 6.32. The van der Waals surface area contributed by atoms with Crippen molar-refractivity contribution in [3.05, 3.63) is 64.6 Å². The molecule has 0 saturated heterocycles. The summed E-state index contributed by atoms with van der Waals surface area (Å²) in [6.45, 7) is 2.18. The molecule has 1 N–H and O–H groups in total. The van der Waals surface area contributed by atoms with E-state index in [2.05, 4.69) is 82.4 Å². The van der Waals surface area contributed by atoms with Gasteiger partial charge in [-0.2, -0.15) is 0 Å². The SMILES string of the molecule is CCc1c(OC)cc2c([nH]c3ccc(Br)cc32)c1-c1ccccc1. The Labute approximate surface area is 149 Å². The van der Waals surface area contributed by atoms with Gasteiger partial charge in [0.1, 0.15) is 5.75 Å². The van der Waals surface area contributed by atoms with E-state index in [-0.39, 0.29) is 0 Å². The van der Waals surface area contributed by atoms with E-state index >= 15 is 0 Å². The third kappa shape index (κ3) is 2.31. The molecule has 2 nitrogen and oxygen atoms in total. The highest BCUT2D eigenvalue weighted by atomic mass is 79.9. The number of hydrogen-bond donors (Lipinski definition) is 1. The Morgan fingerprint density at radius 2 is 1.79 bits per heavy atom. The topological polar surface area (TPSA) is 25.0 Å². The molecular weight excluding hydrogens is 362 g/mol. The lowest BCUT2D eigenvalue weighted by atomic mass is 9.94. The molecule has 0 radical (unpaired) electrons. The Balaban J connectivity index is 2.20. The van der Waals surface area contributed by atoms with Crippen LogP contribution in [0, 0.1) is 0 Å². The zero-order chi connectivity index (χ0) is 16.7. The van der Waals surface area contributed by atoms with Crippen LogP contribution in [-0.4, -0.2) is 12.1 Å². The number of H-pyrrole nitrogens is 1. The van der Waals surface area contributed by atoms with E-state index in [0.29, 0.717) is 0 Å². The van der Waals surface area contributed by atoms with E-state index in [1.54, 1.807) is 7.11 Å². The summed E-state index contributed by atoms with van der Waals surface area (Å²) in [5.74, 6) is 0.949. The lowest BCUT2D eigenvalue weighted by molar-refractivity contribution is 0.411. The molecule has 120 valence electrons. The number of aromatic nitrogens is 1. The fourth-order valence-corrected chi connectivity index (χ4v) is 3.84. The molecule has 0 aliphatic carbocycles. The number of nitrogens with one attached hydrogen (secondary N) is 1. The zero-order valence-electron chi connectivity index (χ0n) is 13.7. The van der Waals surface area contributed by atoms with Crippen molar-refractivity contribution in [1.29, 1.82) is 0 Å². The Morgan fingerprint density at radius 1 is 1.00 bits per heavy atom. The summed E-state index contributed by atoms with van der Waals surface area (Å²) in [6, 6.07) is 19.0. The van der Waals surface area contributed by atoms with Crippen LogP contribution < -0.4 is 4.74 Å². The average Bonchev–Trinajstić information content (AvgIpc) is 2.98. The van der Waals surface area contributed by atoms with E-state index in [1.807, 2.05) is 0 Å². The van der Waals surface area contributed by atoms with Crippen LogP contribution in [0.2, 0.25) is 0 Å². The number of halogens is 1. The van der Waals surface area contributed by atoms with Gasteiger partial charge in [0.15, 0.2) is 0 Å². The van der Waals surface area contributed by atoms with Crippen molar-refractivity contribution in [3.8, 4) is 16.9 Å². The molecule has 0 unspecified atom stereocenters. The van der Waals surface area contributed by atoms with Crippen LogP contribution >= 0.6 is 15.9 Å². The Kier molecular flexibility index (Phi) is 3.81. The van der Waals surface area contributed by atoms with Gasteiger partial charge < -0.3 is 9.72 Å². The maximum atomic E-state index is 5.73. The second-order valence-electron chi connectivity index (χ2n) is 5.89. The first kappa shape index (κ1) is 15.3. The van der Waals surface area contributed by atoms with Crippen LogP contribution in [0.15, 0.2) is 59.1 Å². The van der Waals surface area contributed by atoms with Gasteiger partial charge in [0.05, 0.1) is 12.6 Å². The van der Waals surface area contributed by atoms with Crippen molar-refractivity contribution in [1.82, 2.24) is 4.98 Å². The van der Waals surface area contributed by atoms with E-state index < -0.39 is 0 Å². The monoisotopic (exact) mass is 379 g/mol. The van der Waals surface area contributed by atoms with Crippen molar-refractivity contribution >= 4 is 37.7 Å². The summed E-state index contributed by atoms with van der Waals surface area (Å²) in [5, 5.41) is 2.40. The van der Waals surface area contributed by atoms with Crippen molar-refractivity contribution in [2.45, 2.75) is 13.3 Å².